The molecule has 0 aliphatic heterocycles. The molecule has 0 bridgehead atoms. The Morgan fingerprint density at radius 1 is 0.714 bits per heavy atom. The average Bonchev–Trinajstić information content (AvgIpc) is 2.73. The Morgan fingerprint density at radius 2 is 1.25 bits per heavy atom. The molecule has 0 spiro atoms. The van der Waals surface area contributed by atoms with E-state index in [1.165, 1.54) is 0 Å². The summed E-state index contributed by atoms with van der Waals surface area (Å²) in [7, 11) is 0. The molecule has 0 saturated heterocycles. The van der Waals surface area contributed by atoms with Gasteiger partial charge in [-0.05, 0) is 60.7 Å². The van der Waals surface area contributed by atoms with Gasteiger partial charge in [0.15, 0.2) is 6.61 Å². The van der Waals surface area contributed by atoms with Crippen LogP contribution in [0.2, 0.25) is 0 Å². The number of para-hydroxylation sites is 1. The van der Waals surface area contributed by atoms with Gasteiger partial charge in [0.25, 0.3) is 5.91 Å². The van der Waals surface area contributed by atoms with E-state index in [0.717, 1.165) is 10.2 Å². The summed E-state index contributed by atoms with van der Waals surface area (Å²) in [4.78, 5) is 12.0. The fourth-order valence-corrected chi connectivity index (χ4v) is 2.61. The van der Waals surface area contributed by atoms with Crippen molar-refractivity contribution in [3.05, 3.63) is 83.3 Å². The molecule has 3 aromatic carbocycles. The molecule has 1 amide bonds. The van der Waals surface area contributed by atoms with Crippen molar-refractivity contribution in [3.8, 4) is 17.2 Å². The molecule has 0 aromatic heterocycles. The fourth-order valence-electron chi connectivity index (χ4n) is 2.35. The second kappa shape index (κ2) is 10.4. The first-order chi connectivity index (χ1) is 13.7. The minimum atomic E-state index is -0.229. The number of ether oxygens (including phenoxy) is 3. The smallest absolute Gasteiger partial charge is 0.262 e. The van der Waals surface area contributed by atoms with Gasteiger partial charge in [0.1, 0.15) is 30.5 Å². The van der Waals surface area contributed by atoms with Crippen molar-refractivity contribution in [3.63, 3.8) is 0 Å². The normalized spacial score (nSPS) is 10.2. The molecule has 5 nitrogen and oxygen atoms in total. The van der Waals surface area contributed by atoms with Crippen LogP contribution < -0.4 is 19.5 Å². The topological polar surface area (TPSA) is 56.8 Å². The summed E-state index contributed by atoms with van der Waals surface area (Å²) >= 11 is 3.35. The van der Waals surface area contributed by atoms with E-state index in [2.05, 4.69) is 21.2 Å². The molecule has 0 aliphatic rings. The molecule has 28 heavy (non-hydrogen) atoms. The molecule has 0 radical (unpaired) electrons. The van der Waals surface area contributed by atoms with Crippen LogP contribution in [0.4, 0.5) is 5.69 Å². The van der Waals surface area contributed by atoms with Crippen LogP contribution in [0.15, 0.2) is 83.3 Å². The van der Waals surface area contributed by atoms with Gasteiger partial charge in [0.2, 0.25) is 0 Å². The van der Waals surface area contributed by atoms with Gasteiger partial charge in [0, 0.05) is 10.2 Å². The first-order valence-electron chi connectivity index (χ1n) is 8.78. The van der Waals surface area contributed by atoms with Gasteiger partial charge in [-0.2, -0.15) is 0 Å². The van der Waals surface area contributed by atoms with Crippen LogP contribution in [0.1, 0.15) is 0 Å². The molecule has 3 rings (SSSR count). The Labute approximate surface area is 172 Å². The number of hydrogen-bond acceptors (Lipinski definition) is 4. The van der Waals surface area contributed by atoms with Crippen LogP contribution >= 0.6 is 15.9 Å². The lowest BCUT2D eigenvalue weighted by atomic mass is 10.3. The number of rotatable bonds is 9. The van der Waals surface area contributed by atoms with E-state index < -0.39 is 0 Å². The van der Waals surface area contributed by atoms with Crippen molar-refractivity contribution in [2.45, 2.75) is 0 Å². The third-order valence-corrected chi connectivity index (χ3v) is 4.21. The van der Waals surface area contributed by atoms with E-state index in [0.29, 0.717) is 30.4 Å². The molecule has 0 aliphatic carbocycles. The number of hydrogen-bond donors (Lipinski definition) is 1. The molecule has 0 unspecified atom stereocenters. The highest BCUT2D eigenvalue weighted by atomic mass is 79.9. The first kappa shape index (κ1) is 19.8. The molecular formula is C22H20BrNO4. The highest BCUT2D eigenvalue weighted by molar-refractivity contribution is 9.10. The molecular weight excluding hydrogens is 422 g/mol. The summed E-state index contributed by atoms with van der Waals surface area (Å²) in [6.07, 6.45) is 0. The Hall–Kier alpha value is -2.99. The second-order valence-electron chi connectivity index (χ2n) is 5.83. The average molecular weight is 442 g/mol. The van der Waals surface area contributed by atoms with Crippen molar-refractivity contribution in [1.29, 1.82) is 0 Å². The lowest BCUT2D eigenvalue weighted by molar-refractivity contribution is -0.118. The maximum absolute atomic E-state index is 12.0. The fraction of sp³-hybridized carbons (Fsp3) is 0.136. The van der Waals surface area contributed by atoms with Crippen LogP contribution in [0.25, 0.3) is 0 Å². The maximum Gasteiger partial charge on any atom is 0.262 e. The van der Waals surface area contributed by atoms with Crippen molar-refractivity contribution in [2.24, 2.45) is 0 Å². The van der Waals surface area contributed by atoms with E-state index in [1.807, 2.05) is 42.5 Å². The standard InChI is InChI=1S/C22H20BrNO4/c23-17-6-10-21(11-7-17)28-16-22(25)24-18-8-12-20(13-9-18)27-15-14-26-19-4-2-1-3-5-19/h1-13H,14-16H2,(H,24,25). The van der Waals surface area contributed by atoms with Crippen LogP contribution in [-0.4, -0.2) is 25.7 Å². The minimum absolute atomic E-state index is 0.0588. The number of amides is 1. The molecule has 6 heteroatoms. The highest BCUT2D eigenvalue weighted by Gasteiger charge is 2.04. The number of carbonyl (C=O) groups excluding carboxylic acids is 1. The van der Waals surface area contributed by atoms with Crippen LogP contribution in [0, 0.1) is 0 Å². The number of halogens is 1. The molecule has 144 valence electrons. The monoisotopic (exact) mass is 441 g/mol. The van der Waals surface area contributed by atoms with E-state index in [-0.39, 0.29) is 12.5 Å². The third kappa shape index (κ3) is 6.63. The van der Waals surface area contributed by atoms with Crippen molar-refractivity contribution in [2.75, 3.05) is 25.1 Å². The second-order valence-corrected chi connectivity index (χ2v) is 6.74. The van der Waals surface area contributed by atoms with Gasteiger partial charge in [-0.1, -0.05) is 34.1 Å². The zero-order chi connectivity index (χ0) is 19.6. The molecule has 0 fully saturated rings. The Balaban J connectivity index is 1.37. The van der Waals surface area contributed by atoms with Gasteiger partial charge in [-0.25, -0.2) is 0 Å². The van der Waals surface area contributed by atoms with Gasteiger partial charge < -0.3 is 19.5 Å². The summed E-state index contributed by atoms with van der Waals surface area (Å²) in [5, 5.41) is 2.79. The lowest BCUT2D eigenvalue weighted by Crippen LogP contribution is -2.20. The van der Waals surface area contributed by atoms with Crippen LogP contribution in [0.3, 0.4) is 0 Å². The minimum Gasteiger partial charge on any atom is -0.490 e. The van der Waals surface area contributed by atoms with E-state index in [4.69, 9.17) is 14.2 Å². The van der Waals surface area contributed by atoms with Gasteiger partial charge in [-0.15, -0.1) is 0 Å². The number of benzene rings is 3. The summed E-state index contributed by atoms with van der Waals surface area (Å²) in [5.41, 5.74) is 0.678. The van der Waals surface area contributed by atoms with E-state index >= 15 is 0 Å². The van der Waals surface area contributed by atoms with Crippen LogP contribution in [0.5, 0.6) is 17.2 Å². The molecule has 3 aromatic rings. The summed E-state index contributed by atoms with van der Waals surface area (Å²) in [6.45, 7) is 0.828. The summed E-state index contributed by atoms with van der Waals surface area (Å²) in [5.74, 6) is 1.93. The maximum atomic E-state index is 12.0. The Morgan fingerprint density at radius 3 is 1.89 bits per heavy atom. The third-order valence-electron chi connectivity index (χ3n) is 3.69. The van der Waals surface area contributed by atoms with Crippen molar-refractivity contribution < 1.29 is 19.0 Å². The number of carbonyl (C=O) groups is 1. The molecule has 0 saturated carbocycles. The molecule has 0 heterocycles. The van der Waals surface area contributed by atoms with E-state index in [9.17, 15) is 4.79 Å². The Bertz CT molecular complexity index is 867. The largest absolute Gasteiger partial charge is 0.490 e. The van der Waals surface area contributed by atoms with Gasteiger partial charge in [-0.3, -0.25) is 4.79 Å². The quantitative estimate of drug-likeness (QED) is 0.478. The molecule has 1 N–H and O–H groups in total. The predicted molar refractivity (Wildman–Crippen MR) is 112 cm³/mol. The van der Waals surface area contributed by atoms with E-state index in [1.54, 1.807) is 36.4 Å². The van der Waals surface area contributed by atoms with Crippen LogP contribution in [-0.2, 0) is 4.79 Å². The predicted octanol–water partition coefficient (Wildman–Crippen LogP) is 4.92. The zero-order valence-corrected chi connectivity index (χ0v) is 16.7. The highest BCUT2D eigenvalue weighted by Crippen LogP contribution is 2.17. The van der Waals surface area contributed by atoms with Gasteiger partial charge in [0.05, 0.1) is 0 Å². The van der Waals surface area contributed by atoms with Gasteiger partial charge >= 0.3 is 0 Å². The summed E-state index contributed by atoms with van der Waals surface area (Å²) < 4.78 is 17.6. The lowest BCUT2D eigenvalue weighted by Gasteiger charge is -2.10. The molecule has 0 atom stereocenters. The number of anilines is 1. The van der Waals surface area contributed by atoms with Crippen molar-refractivity contribution >= 4 is 27.5 Å². The Kier molecular flexibility index (Phi) is 7.32. The SMILES string of the molecule is O=C(COc1ccc(Br)cc1)Nc1ccc(OCCOc2ccccc2)cc1. The zero-order valence-electron chi connectivity index (χ0n) is 15.1. The first-order valence-corrected chi connectivity index (χ1v) is 9.57. The number of nitrogens with one attached hydrogen (secondary N) is 1. The summed E-state index contributed by atoms with van der Waals surface area (Å²) in [6, 6.07) is 24.1. The van der Waals surface area contributed by atoms with Crippen molar-refractivity contribution in [1.82, 2.24) is 0 Å².